The van der Waals surface area contributed by atoms with E-state index in [0.717, 1.165) is 16.4 Å². The van der Waals surface area contributed by atoms with Crippen LogP contribution in [0.5, 0.6) is 0 Å². The average molecular weight is 507 g/mol. The van der Waals surface area contributed by atoms with E-state index in [1.54, 1.807) is 41.6 Å². The molecular weight excluding hydrogens is 484 g/mol. The maximum absolute atomic E-state index is 12.9. The third-order valence-electron chi connectivity index (χ3n) is 5.70. The minimum Gasteiger partial charge on any atom is -0.379 e. The van der Waals surface area contributed by atoms with Crippen molar-refractivity contribution >= 4 is 51.1 Å². The summed E-state index contributed by atoms with van der Waals surface area (Å²) >= 11 is 7.84. The van der Waals surface area contributed by atoms with Crippen LogP contribution in [0.3, 0.4) is 0 Å². The van der Waals surface area contributed by atoms with E-state index in [1.165, 1.54) is 16.1 Å². The van der Waals surface area contributed by atoms with Gasteiger partial charge in [0.1, 0.15) is 16.7 Å². The number of hydrogen-bond donors (Lipinski definition) is 2. The van der Waals surface area contributed by atoms with Crippen LogP contribution in [-0.4, -0.2) is 57.0 Å². The molecule has 2 unspecified atom stereocenters. The number of benzene rings is 2. The Morgan fingerprint density at radius 1 is 1.06 bits per heavy atom. The quantitative estimate of drug-likeness (QED) is 0.647. The Morgan fingerprint density at radius 3 is 2.45 bits per heavy atom. The molecule has 0 aliphatic carbocycles. The first-order valence-corrected chi connectivity index (χ1v) is 13.0. The largest absolute Gasteiger partial charge is 0.379 e. The molecule has 4 N–H and O–H groups in total. The summed E-state index contributed by atoms with van der Waals surface area (Å²) in [6.07, 6.45) is 1.06. The van der Waals surface area contributed by atoms with Gasteiger partial charge in [-0.1, -0.05) is 35.5 Å². The van der Waals surface area contributed by atoms with Crippen molar-refractivity contribution in [2.75, 3.05) is 36.1 Å². The van der Waals surface area contributed by atoms with Gasteiger partial charge >= 0.3 is 0 Å². The van der Waals surface area contributed by atoms with Crippen LogP contribution in [0.2, 0.25) is 5.02 Å². The molecule has 3 heterocycles. The molecule has 33 heavy (non-hydrogen) atoms. The lowest BCUT2D eigenvalue weighted by molar-refractivity contribution is 0.0730. The molecule has 1 fully saturated rings. The minimum atomic E-state index is -3.58. The monoisotopic (exact) mass is 506 g/mol. The molecule has 12 heteroatoms. The van der Waals surface area contributed by atoms with Crippen molar-refractivity contribution in [1.29, 1.82) is 0 Å². The van der Waals surface area contributed by atoms with Crippen molar-refractivity contribution in [2.24, 2.45) is 16.5 Å². The number of sulfonamides is 1. The Labute approximate surface area is 201 Å². The van der Waals surface area contributed by atoms with Crippen LogP contribution in [0.1, 0.15) is 0 Å². The summed E-state index contributed by atoms with van der Waals surface area (Å²) in [5.41, 5.74) is 14.8. The highest BCUT2D eigenvalue weighted by Crippen LogP contribution is 2.45. The summed E-state index contributed by atoms with van der Waals surface area (Å²) < 4.78 is 32.5. The van der Waals surface area contributed by atoms with Gasteiger partial charge < -0.3 is 26.0 Å². The van der Waals surface area contributed by atoms with Gasteiger partial charge in [-0.25, -0.2) is 13.4 Å². The summed E-state index contributed by atoms with van der Waals surface area (Å²) in [6, 6.07) is 14.1. The lowest BCUT2D eigenvalue weighted by Crippen LogP contribution is -2.50. The first-order chi connectivity index (χ1) is 15.9. The number of thioether (sulfide) groups is 1. The topological polar surface area (TPSA) is 117 Å². The number of morpholine rings is 1. The van der Waals surface area contributed by atoms with Crippen molar-refractivity contribution in [3.8, 4) is 0 Å². The Hall–Kier alpha value is -2.12. The molecule has 5 rings (SSSR count). The van der Waals surface area contributed by atoms with E-state index >= 15 is 0 Å². The number of aliphatic imine (C=N–C) groups is 1. The summed E-state index contributed by atoms with van der Waals surface area (Å²) in [6.45, 7) is 1.49. The Bertz CT molecular complexity index is 1210. The highest BCUT2D eigenvalue weighted by Gasteiger charge is 2.39. The number of rotatable bonds is 4. The number of nitrogens with zero attached hydrogens (tertiary/aromatic N) is 4. The maximum atomic E-state index is 12.9. The zero-order valence-electron chi connectivity index (χ0n) is 17.5. The molecule has 2 aromatic carbocycles. The normalized spacial score (nSPS) is 23.8. The van der Waals surface area contributed by atoms with Gasteiger partial charge in [-0.2, -0.15) is 4.31 Å². The van der Waals surface area contributed by atoms with Gasteiger partial charge in [0, 0.05) is 18.8 Å². The van der Waals surface area contributed by atoms with Crippen molar-refractivity contribution in [2.45, 2.75) is 16.6 Å². The zero-order chi connectivity index (χ0) is 23.2. The van der Waals surface area contributed by atoms with Crippen LogP contribution in [0, 0.1) is 0 Å². The van der Waals surface area contributed by atoms with Gasteiger partial charge in [-0.3, -0.25) is 0 Å². The molecule has 0 radical (unpaired) electrons. The summed E-state index contributed by atoms with van der Waals surface area (Å²) in [5, 5.41) is 1.30. The highest BCUT2D eigenvalue weighted by atomic mass is 35.5. The minimum absolute atomic E-state index is 0.228. The third-order valence-corrected chi connectivity index (χ3v) is 8.92. The van der Waals surface area contributed by atoms with Gasteiger partial charge in [-0.15, -0.1) is 0 Å². The number of ether oxygens (including phenoxy) is 1. The number of anilines is 2. The first kappa shape index (κ1) is 22.7. The maximum Gasteiger partial charge on any atom is 0.243 e. The molecule has 9 nitrogen and oxygen atoms in total. The van der Waals surface area contributed by atoms with E-state index in [0.29, 0.717) is 37.0 Å². The van der Waals surface area contributed by atoms with E-state index in [2.05, 4.69) is 4.99 Å². The number of halogens is 1. The van der Waals surface area contributed by atoms with Crippen molar-refractivity contribution < 1.29 is 13.2 Å². The molecule has 2 aromatic rings. The fourth-order valence-electron chi connectivity index (χ4n) is 4.02. The number of hydrogen-bond acceptors (Lipinski definition) is 9. The van der Waals surface area contributed by atoms with E-state index in [-0.39, 0.29) is 4.90 Å². The fraction of sp³-hybridized carbons (Fsp3) is 0.286. The lowest BCUT2D eigenvalue weighted by Gasteiger charge is -2.36. The lowest BCUT2D eigenvalue weighted by atomic mass is 10.2. The predicted molar refractivity (Wildman–Crippen MR) is 131 cm³/mol. The Morgan fingerprint density at radius 2 is 1.76 bits per heavy atom. The molecule has 0 bridgehead atoms. The van der Waals surface area contributed by atoms with Crippen molar-refractivity contribution in [3.63, 3.8) is 0 Å². The second-order valence-corrected chi connectivity index (χ2v) is 11.1. The van der Waals surface area contributed by atoms with E-state index < -0.39 is 21.7 Å². The summed E-state index contributed by atoms with van der Waals surface area (Å²) in [4.78, 5) is 8.47. The number of para-hydroxylation sites is 1. The van der Waals surface area contributed by atoms with Crippen LogP contribution < -0.4 is 21.3 Å². The smallest absolute Gasteiger partial charge is 0.243 e. The Balaban J connectivity index is 1.42. The molecule has 1 saturated heterocycles. The van der Waals surface area contributed by atoms with E-state index in [9.17, 15) is 8.42 Å². The Kier molecular flexibility index (Phi) is 6.12. The zero-order valence-corrected chi connectivity index (χ0v) is 19.9. The molecule has 0 spiro atoms. The standard InChI is InChI=1S/C21H23ClN6O3S2/c22-16-3-1-2-4-17(16)28-18-19(23)27(13-25-20(18)32-21(28)24)14-5-7-15(8-6-14)33(29,30)26-9-11-31-12-10-26/h1-8,13,19,21H,9-12,23-24H2. The number of nitrogens with two attached hydrogens (primary N) is 2. The molecule has 0 saturated carbocycles. The second-order valence-electron chi connectivity index (χ2n) is 7.63. The first-order valence-electron chi connectivity index (χ1n) is 10.3. The SMILES string of the molecule is NC1C2=C(N=CN1c1ccc(S(=O)(=O)N3CCOCC3)cc1)SC(N)N2c1ccccc1Cl. The van der Waals surface area contributed by atoms with Gasteiger partial charge in [0.25, 0.3) is 0 Å². The van der Waals surface area contributed by atoms with Gasteiger partial charge in [0.15, 0.2) is 0 Å². The summed E-state index contributed by atoms with van der Waals surface area (Å²) in [7, 11) is -3.58. The predicted octanol–water partition coefficient (Wildman–Crippen LogP) is 2.16. The molecule has 2 atom stereocenters. The van der Waals surface area contributed by atoms with Crippen LogP contribution >= 0.6 is 23.4 Å². The summed E-state index contributed by atoms with van der Waals surface area (Å²) in [5.74, 6) is 0. The third kappa shape index (κ3) is 4.03. The molecule has 174 valence electrons. The van der Waals surface area contributed by atoms with Gasteiger partial charge in [-0.05, 0) is 36.4 Å². The second kappa shape index (κ2) is 8.91. The van der Waals surface area contributed by atoms with Crippen molar-refractivity contribution in [3.05, 3.63) is 64.3 Å². The molecular formula is C21H23ClN6O3S2. The highest BCUT2D eigenvalue weighted by molar-refractivity contribution is 8.04. The average Bonchev–Trinajstić information content (AvgIpc) is 3.17. The molecule has 0 amide bonds. The van der Waals surface area contributed by atoms with E-state index in [4.69, 9.17) is 27.8 Å². The fourth-order valence-corrected chi connectivity index (χ4v) is 6.66. The molecule has 3 aliphatic rings. The molecule has 3 aliphatic heterocycles. The van der Waals surface area contributed by atoms with Crippen LogP contribution in [-0.2, 0) is 14.8 Å². The van der Waals surface area contributed by atoms with E-state index in [1.807, 2.05) is 23.1 Å². The van der Waals surface area contributed by atoms with Crippen molar-refractivity contribution in [1.82, 2.24) is 4.31 Å². The molecule has 0 aromatic heterocycles. The van der Waals surface area contributed by atoms with Crippen LogP contribution in [0.15, 0.2) is 69.1 Å². The van der Waals surface area contributed by atoms with Crippen LogP contribution in [0.25, 0.3) is 0 Å². The van der Waals surface area contributed by atoms with Gasteiger partial charge in [0.05, 0.1) is 40.9 Å². The van der Waals surface area contributed by atoms with Crippen LogP contribution in [0.4, 0.5) is 11.4 Å². The van der Waals surface area contributed by atoms with Gasteiger partial charge in [0.2, 0.25) is 10.0 Å².